The Labute approximate surface area is 102 Å². The van der Waals surface area contributed by atoms with E-state index < -0.39 is 0 Å². The van der Waals surface area contributed by atoms with E-state index in [1.54, 1.807) is 24.3 Å². The van der Waals surface area contributed by atoms with Gasteiger partial charge in [0.2, 0.25) is 0 Å². The third-order valence-electron chi connectivity index (χ3n) is 2.11. The van der Waals surface area contributed by atoms with Crippen molar-refractivity contribution in [1.29, 1.82) is 0 Å². The van der Waals surface area contributed by atoms with Crippen LogP contribution in [0.2, 0.25) is 0 Å². The number of hydrogen-bond acceptors (Lipinski definition) is 5. The molecule has 0 aliphatic heterocycles. The summed E-state index contributed by atoms with van der Waals surface area (Å²) in [5.74, 6) is -0.318. The summed E-state index contributed by atoms with van der Waals surface area (Å²) in [7, 11) is 0. The third kappa shape index (κ3) is 2.73. The van der Waals surface area contributed by atoms with E-state index in [4.69, 9.17) is 0 Å². The Bertz CT molecular complexity index is 552. The van der Waals surface area contributed by atoms with Crippen LogP contribution >= 0.6 is 11.5 Å². The van der Waals surface area contributed by atoms with Crippen molar-refractivity contribution in [3.63, 3.8) is 0 Å². The van der Waals surface area contributed by atoms with E-state index in [2.05, 4.69) is 14.9 Å². The number of Topliss-reactive ketones (excluding diaryl/α,β-unsaturated/α-hetero) is 1. The molecule has 0 atom stereocenters. The lowest BCUT2D eigenvalue weighted by Gasteiger charge is -2.04. The maximum atomic E-state index is 11.7. The zero-order valence-corrected chi connectivity index (χ0v) is 9.82. The molecule has 1 aromatic carbocycles. The molecule has 0 aliphatic carbocycles. The first-order valence-corrected chi connectivity index (χ1v) is 5.64. The zero-order valence-electron chi connectivity index (χ0n) is 9.01. The summed E-state index contributed by atoms with van der Waals surface area (Å²) < 4.78 is 3.61. The number of benzene rings is 1. The average Bonchev–Trinajstić information content (AvgIpc) is 2.82. The van der Waals surface area contributed by atoms with Gasteiger partial charge in [-0.1, -0.05) is 16.6 Å². The van der Waals surface area contributed by atoms with Gasteiger partial charge in [0.1, 0.15) is 4.88 Å². The molecule has 1 N–H and O–H groups in total. The summed E-state index contributed by atoms with van der Waals surface area (Å²) in [6, 6.07) is 6.77. The Balaban J connectivity index is 2.16. The number of nitrogens with zero attached hydrogens (tertiary/aromatic N) is 2. The minimum Gasteiger partial charge on any atom is -0.321 e. The van der Waals surface area contributed by atoms with Gasteiger partial charge in [0, 0.05) is 11.3 Å². The van der Waals surface area contributed by atoms with Crippen molar-refractivity contribution in [1.82, 2.24) is 9.59 Å². The summed E-state index contributed by atoms with van der Waals surface area (Å²) in [6.07, 6.45) is 1.40. The van der Waals surface area contributed by atoms with Crippen molar-refractivity contribution >= 4 is 28.9 Å². The summed E-state index contributed by atoms with van der Waals surface area (Å²) in [6.45, 7) is 1.48. The van der Waals surface area contributed by atoms with Crippen molar-refractivity contribution < 1.29 is 9.59 Å². The van der Waals surface area contributed by atoms with Gasteiger partial charge in [0.25, 0.3) is 5.91 Å². The minimum absolute atomic E-state index is 0.0412. The highest BCUT2D eigenvalue weighted by Gasteiger charge is 2.09. The molecule has 0 aliphatic rings. The molecular formula is C11H9N3O2S. The predicted molar refractivity (Wildman–Crippen MR) is 64.3 cm³/mol. The van der Waals surface area contributed by atoms with Crippen molar-refractivity contribution in [3.05, 3.63) is 40.9 Å². The van der Waals surface area contributed by atoms with E-state index in [0.717, 1.165) is 11.5 Å². The molecule has 0 saturated heterocycles. The average molecular weight is 247 g/mol. The van der Waals surface area contributed by atoms with Crippen molar-refractivity contribution in [3.8, 4) is 0 Å². The normalized spacial score (nSPS) is 9.94. The van der Waals surface area contributed by atoms with Gasteiger partial charge in [-0.05, 0) is 30.6 Å². The molecule has 0 fully saturated rings. The molecule has 0 unspecified atom stereocenters. The zero-order chi connectivity index (χ0) is 12.3. The maximum Gasteiger partial charge on any atom is 0.269 e. The number of aromatic nitrogens is 2. The van der Waals surface area contributed by atoms with Crippen LogP contribution in [0.5, 0.6) is 0 Å². The number of amides is 1. The third-order valence-corrected chi connectivity index (χ3v) is 2.78. The van der Waals surface area contributed by atoms with E-state index in [9.17, 15) is 9.59 Å². The first-order valence-electron chi connectivity index (χ1n) is 4.86. The summed E-state index contributed by atoms with van der Waals surface area (Å²) >= 11 is 1.02. The Kier molecular flexibility index (Phi) is 3.24. The number of carbonyl (C=O) groups is 2. The van der Waals surface area contributed by atoms with E-state index in [0.29, 0.717) is 16.1 Å². The standard InChI is InChI=1S/C11H9N3O2S/c1-7(15)8-3-2-4-9(5-8)13-11(16)10-6-12-14-17-10/h2-6H,1H3,(H,13,16). The molecule has 1 amide bonds. The fourth-order valence-corrected chi connectivity index (χ4v) is 1.69. The number of hydrogen-bond donors (Lipinski definition) is 1. The van der Waals surface area contributed by atoms with Crippen LogP contribution in [0.1, 0.15) is 27.0 Å². The van der Waals surface area contributed by atoms with Gasteiger partial charge in [0.15, 0.2) is 5.78 Å². The van der Waals surface area contributed by atoms with Crippen LogP contribution in [-0.4, -0.2) is 21.3 Å². The smallest absolute Gasteiger partial charge is 0.269 e. The highest BCUT2D eigenvalue weighted by Crippen LogP contribution is 2.13. The quantitative estimate of drug-likeness (QED) is 0.842. The lowest BCUT2D eigenvalue weighted by atomic mass is 10.1. The van der Waals surface area contributed by atoms with Crippen LogP contribution in [0.4, 0.5) is 5.69 Å². The lowest BCUT2D eigenvalue weighted by molar-refractivity contribution is 0.101. The minimum atomic E-state index is -0.277. The molecule has 86 valence electrons. The molecule has 1 aromatic heterocycles. The molecular weight excluding hydrogens is 238 g/mol. The Morgan fingerprint density at radius 3 is 2.82 bits per heavy atom. The maximum absolute atomic E-state index is 11.7. The fourth-order valence-electron chi connectivity index (χ4n) is 1.28. The van der Waals surface area contributed by atoms with Gasteiger partial charge in [0.05, 0.1) is 6.20 Å². The van der Waals surface area contributed by atoms with Gasteiger partial charge in [-0.15, -0.1) is 5.10 Å². The number of ketones is 1. The van der Waals surface area contributed by atoms with Gasteiger partial charge in [-0.2, -0.15) is 0 Å². The molecule has 6 heteroatoms. The topological polar surface area (TPSA) is 72.0 Å². The van der Waals surface area contributed by atoms with Crippen molar-refractivity contribution in [2.45, 2.75) is 6.92 Å². The molecule has 0 bridgehead atoms. The van der Waals surface area contributed by atoms with E-state index in [-0.39, 0.29) is 11.7 Å². The number of carbonyl (C=O) groups excluding carboxylic acids is 2. The molecule has 0 radical (unpaired) electrons. The van der Waals surface area contributed by atoms with Gasteiger partial charge < -0.3 is 5.32 Å². The monoisotopic (exact) mass is 247 g/mol. The lowest BCUT2D eigenvalue weighted by Crippen LogP contribution is -2.10. The van der Waals surface area contributed by atoms with Crippen LogP contribution < -0.4 is 5.32 Å². The number of rotatable bonds is 3. The van der Waals surface area contributed by atoms with Crippen molar-refractivity contribution in [2.75, 3.05) is 5.32 Å². The number of anilines is 1. The Morgan fingerprint density at radius 1 is 1.35 bits per heavy atom. The molecule has 17 heavy (non-hydrogen) atoms. The van der Waals surface area contributed by atoms with Crippen LogP contribution in [0.15, 0.2) is 30.5 Å². The number of nitrogens with one attached hydrogen (secondary N) is 1. The summed E-state index contributed by atoms with van der Waals surface area (Å²) in [4.78, 5) is 23.3. The second-order valence-electron chi connectivity index (χ2n) is 3.37. The second kappa shape index (κ2) is 4.84. The van der Waals surface area contributed by atoms with Crippen molar-refractivity contribution in [2.24, 2.45) is 0 Å². The highest BCUT2D eigenvalue weighted by molar-refractivity contribution is 7.07. The molecule has 1 heterocycles. The van der Waals surface area contributed by atoms with Gasteiger partial charge in [-0.25, -0.2) is 0 Å². The SMILES string of the molecule is CC(=O)c1cccc(NC(=O)c2cnns2)c1. The predicted octanol–water partition coefficient (Wildman–Crippen LogP) is 1.99. The first kappa shape index (κ1) is 11.4. The van der Waals surface area contributed by atoms with E-state index >= 15 is 0 Å². The van der Waals surface area contributed by atoms with Crippen LogP contribution in [0, 0.1) is 0 Å². The largest absolute Gasteiger partial charge is 0.321 e. The van der Waals surface area contributed by atoms with Gasteiger partial charge in [-0.3, -0.25) is 9.59 Å². The Morgan fingerprint density at radius 2 is 2.18 bits per heavy atom. The van der Waals surface area contributed by atoms with Gasteiger partial charge >= 0.3 is 0 Å². The van der Waals surface area contributed by atoms with Crippen LogP contribution in [0.3, 0.4) is 0 Å². The van der Waals surface area contributed by atoms with Crippen LogP contribution in [-0.2, 0) is 0 Å². The molecule has 0 spiro atoms. The van der Waals surface area contributed by atoms with Crippen LogP contribution in [0.25, 0.3) is 0 Å². The second-order valence-corrected chi connectivity index (χ2v) is 4.16. The van der Waals surface area contributed by atoms with E-state index in [1.165, 1.54) is 13.1 Å². The Hall–Kier alpha value is -2.08. The van der Waals surface area contributed by atoms with E-state index in [1.807, 2.05) is 0 Å². The highest BCUT2D eigenvalue weighted by atomic mass is 32.1. The fraction of sp³-hybridized carbons (Fsp3) is 0.0909. The molecule has 5 nitrogen and oxygen atoms in total. The molecule has 2 aromatic rings. The molecule has 2 rings (SSSR count). The summed E-state index contributed by atoms with van der Waals surface area (Å²) in [5, 5.41) is 6.26. The first-order chi connectivity index (χ1) is 8.16. The molecule has 0 saturated carbocycles. The summed E-state index contributed by atoms with van der Waals surface area (Å²) in [5.41, 5.74) is 1.14.